The van der Waals surface area contributed by atoms with Gasteiger partial charge in [-0.2, -0.15) is 0 Å². The van der Waals surface area contributed by atoms with Crippen molar-refractivity contribution in [3.05, 3.63) is 65.3 Å². The molecular formula is C16H17N5O3. The molecule has 1 aromatic carbocycles. The minimum Gasteiger partial charge on any atom is -0.378 e. The number of aromatic nitrogens is 4. The lowest BCUT2D eigenvalue weighted by atomic mass is 10.2. The van der Waals surface area contributed by atoms with Crippen molar-refractivity contribution in [3.8, 4) is 0 Å². The third-order valence-electron chi connectivity index (χ3n) is 3.41. The Kier molecular flexibility index (Phi) is 4.97. The first-order chi connectivity index (χ1) is 11.8. The molecule has 124 valence electrons. The molecule has 0 aliphatic rings. The van der Waals surface area contributed by atoms with Crippen molar-refractivity contribution in [1.82, 2.24) is 25.5 Å². The number of nitrogens with one attached hydrogen (secondary N) is 1. The van der Waals surface area contributed by atoms with E-state index in [4.69, 9.17) is 9.26 Å². The number of amides is 1. The highest BCUT2D eigenvalue weighted by molar-refractivity contribution is 5.91. The van der Waals surface area contributed by atoms with Gasteiger partial charge < -0.3 is 14.6 Å². The highest BCUT2D eigenvalue weighted by Gasteiger charge is 2.13. The minimum atomic E-state index is -0.271. The second kappa shape index (κ2) is 7.51. The summed E-state index contributed by atoms with van der Waals surface area (Å²) in [5, 5.41) is 14.5. The molecule has 3 aromatic rings. The average Bonchev–Trinajstić information content (AvgIpc) is 3.24. The zero-order valence-corrected chi connectivity index (χ0v) is 13.2. The molecule has 0 saturated heterocycles. The van der Waals surface area contributed by atoms with Gasteiger partial charge in [0.15, 0.2) is 5.69 Å². The molecule has 0 fully saturated rings. The molecule has 0 aliphatic carbocycles. The van der Waals surface area contributed by atoms with E-state index in [1.807, 2.05) is 30.3 Å². The Labute approximate surface area is 138 Å². The van der Waals surface area contributed by atoms with E-state index in [2.05, 4.69) is 20.8 Å². The van der Waals surface area contributed by atoms with Gasteiger partial charge in [-0.25, -0.2) is 4.68 Å². The summed E-state index contributed by atoms with van der Waals surface area (Å²) in [6, 6.07) is 9.67. The summed E-state index contributed by atoms with van der Waals surface area (Å²) in [6.07, 6.45) is 3.12. The van der Waals surface area contributed by atoms with Crippen LogP contribution in [-0.2, 0) is 24.4 Å². The highest BCUT2D eigenvalue weighted by Crippen LogP contribution is 2.10. The quantitative estimate of drug-likeness (QED) is 0.704. The van der Waals surface area contributed by atoms with Gasteiger partial charge >= 0.3 is 0 Å². The van der Waals surface area contributed by atoms with Gasteiger partial charge in [0.1, 0.15) is 12.0 Å². The molecule has 2 heterocycles. The molecule has 0 spiro atoms. The molecular weight excluding hydrogens is 310 g/mol. The fourth-order valence-electron chi connectivity index (χ4n) is 2.19. The first-order valence-electron chi connectivity index (χ1n) is 7.39. The summed E-state index contributed by atoms with van der Waals surface area (Å²) < 4.78 is 11.6. The second-order valence-corrected chi connectivity index (χ2v) is 5.19. The van der Waals surface area contributed by atoms with Crippen molar-refractivity contribution < 1.29 is 14.1 Å². The van der Waals surface area contributed by atoms with Gasteiger partial charge in [-0.15, -0.1) is 5.10 Å². The van der Waals surface area contributed by atoms with Gasteiger partial charge in [-0.05, 0) is 5.56 Å². The third kappa shape index (κ3) is 3.85. The zero-order valence-electron chi connectivity index (χ0n) is 13.2. The van der Waals surface area contributed by atoms with Crippen LogP contribution < -0.4 is 5.32 Å². The van der Waals surface area contributed by atoms with E-state index in [1.54, 1.807) is 18.0 Å². The van der Waals surface area contributed by atoms with Crippen LogP contribution in [0.4, 0.5) is 0 Å². The lowest BCUT2D eigenvalue weighted by Gasteiger charge is -2.02. The van der Waals surface area contributed by atoms with Crippen LogP contribution in [0.15, 0.2) is 47.3 Å². The second-order valence-electron chi connectivity index (χ2n) is 5.19. The Bertz CT molecular complexity index is 797. The van der Waals surface area contributed by atoms with E-state index in [0.717, 1.165) is 11.1 Å². The van der Waals surface area contributed by atoms with Gasteiger partial charge in [-0.3, -0.25) is 4.79 Å². The van der Waals surface area contributed by atoms with Gasteiger partial charge in [0, 0.05) is 19.2 Å². The Balaban J connectivity index is 1.60. The monoisotopic (exact) mass is 327 g/mol. The summed E-state index contributed by atoms with van der Waals surface area (Å²) in [5.74, 6) is -0.271. The van der Waals surface area contributed by atoms with Crippen LogP contribution in [0.3, 0.4) is 0 Å². The number of hydrogen-bond acceptors (Lipinski definition) is 6. The van der Waals surface area contributed by atoms with Crippen molar-refractivity contribution in [1.29, 1.82) is 0 Å². The molecule has 8 heteroatoms. The number of carbonyl (C=O) groups is 1. The Hall–Kier alpha value is -3.00. The third-order valence-corrected chi connectivity index (χ3v) is 3.41. The van der Waals surface area contributed by atoms with Crippen LogP contribution in [0.1, 0.15) is 27.3 Å². The van der Waals surface area contributed by atoms with Crippen LogP contribution in [-0.4, -0.2) is 33.2 Å². The van der Waals surface area contributed by atoms with Gasteiger partial charge in [0.05, 0.1) is 19.3 Å². The maximum absolute atomic E-state index is 12.1. The highest BCUT2D eigenvalue weighted by atomic mass is 16.5. The lowest BCUT2D eigenvalue weighted by Crippen LogP contribution is -2.23. The number of benzene rings is 1. The molecule has 1 N–H and O–H groups in total. The predicted octanol–water partition coefficient (Wildman–Crippen LogP) is 1.39. The molecule has 0 radical (unpaired) electrons. The smallest absolute Gasteiger partial charge is 0.273 e. The lowest BCUT2D eigenvalue weighted by molar-refractivity contribution is 0.0946. The molecule has 0 saturated carbocycles. The molecule has 0 atom stereocenters. The van der Waals surface area contributed by atoms with Gasteiger partial charge in [0.25, 0.3) is 5.91 Å². The summed E-state index contributed by atoms with van der Waals surface area (Å²) in [6.45, 7) is 1.20. The number of hydrogen-bond donors (Lipinski definition) is 1. The Morgan fingerprint density at radius 1 is 1.33 bits per heavy atom. The van der Waals surface area contributed by atoms with Crippen molar-refractivity contribution in [2.24, 2.45) is 0 Å². The number of methoxy groups -OCH3 is 1. The average molecular weight is 327 g/mol. The van der Waals surface area contributed by atoms with E-state index >= 15 is 0 Å². The predicted molar refractivity (Wildman–Crippen MR) is 84.0 cm³/mol. The van der Waals surface area contributed by atoms with Crippen molar-refractivity contribution in [2.45, 2.75) is 19.7 Å². The maximum atomic E-state index is 12.1. The summed E-state index contributed by atoms with van der Waals surface area (Å²) in [7, 11) is 1.59. The summed E-state index contributed by atoms with van der Waals surface area (Å²) in [5.41, 5.74) is 2.81. The number of ether oxygens (including phenoxy) is 1. The van der Waals surface area contributed by atoms with Crippen LogP contribution in [0.25, 0.3) is 0 Å². The van der Waals surface area contributed by atoms with Crippen molar-refractivity contribution in [3.63, 3.8) is 0 Å². The molecule has 24 heavy (non-hydrogen) atoms. The summed E-state index contributed by atoms with van der Waals surface area (Å²) in [4.78, 5) is 12.1. The first kappa shape index (κ1) is 15.9. The Morgan fingerprint density at radius 2 is 2.17 bits per heavy atom. The molecule has 1 amide bonds. The zero-order chi connectivity index (χ0) is 16.8. The normalized spacial score (nSPS) is 10.7. The van der Waals surface area contributed by atoms with Crippen molar-refractivity contribution >= 4 is 5.91 Å². The molecule has 3 rings (SSSR count). The van der Waals surface area contributed by atoms with E-state index in [0.29, 0.717) is 25.4 Å². The number of carbonyl (C=O) groups excluding carboxylic acids is 1. The van der Waals surface area contributed by atoms with Crippen molar-refractivity contribution in [2.75, 3.05) is 7.11 Å². The fourth-order valence-corrected chi connectivity index (χ4v) is 2.19. The fraction of sp³-hybridized carbons (Fsp3) is 0.250. The molecule has 0 aliphatic heterocycles. The van der Waals surface area contributed by atoms with Gasteiger partial charge in [-0.1, -0.05) is 40.7 Å². The molecule has 2 aromatic heterocycles. The number of rotatable bonds is 7. The van der Waals surface area contributed by atoms with Crippen LogP contribution in [0, 0.1) is 0 Å². The number of nitrogens with zero attached hydrogens (tertiary/aromatic N) is 4. The van der Waals surface area contributed by atoms with E-state index in [9.17, 15) is 4.79 Å². The minimum absolute atomic E-state index is 0.260. The standard InChI is InChI=1S/C16H17N5O3/c1-23-11-15-13(10-24-19-15)8-21-9-14(18-20-21)16(22)17-7-12-5-3-2-4-6-12/h2-6,9-10H,7-8,11H2,1H3,(H,17,22). The van der Waals surface area contributed by atoms with Crippen LogP contribution in [0.2, 0.25) is 0 Å². The SMILES string of the molecule is COCc1nocc1Cn1cc(C(=O)NCc2ccccc2)nn1. The van der Waals surface area contributed by atoms with E-state index in [-0.39, 0.29) is 11.6 Å². The molecule has 0 unspecified atom stereocenters. The van der Waals surface area contributed by atoms with Gasteiger partial charge in [0.2, 0.25) is 0 Å². The van der Waals surface area contributed by atoms with E-state index in [1.165, 1.54) is 6.26 Å². The topological polar surface area (TPSA) is 95.1 Å². The Morgan fingerprint density at radius 3 is 2.96 bits per heavy atom. The summed E-state index contributed by atoms with van der Waals surface area (Å²) >= 11 is 0. The van der Waals surface area contributed by atoms with Crippen LogP contribution >= 0.6 is 0 Å². The van der Waals surface area contributed by atoms with Crippen LogP contribution in [0.5, 0.6) is 0 Å². The molecule has 0 bridgehead atoms. The largest absolute Gasteiger partial charge is 0.378 e. The molecule has 8 nitrogen and oxygen atoms in total. The first-order valence-corrected chi connectivity index (χ1v) is 7.39. The van der Waals surface area contributed by atoms with E-state index < -0.39 is 0 Å². The maximum Gasteiger partial charge on any atom is 0.273 e.